The fourth-order valence-corrected chi connectivity index (χ4v) is 3.07. The Kier molecular flexibility index (Phi) is 4.50. The minimum atomic E-state index is -4.24. The third-order valence-corrected chi connectivity index (χ3v) is 4.04. The van der Waals surface area contributed by atoms with Gasteiger partial charge in [0.25, 0.3) is 0 Å². The van der Waals surface area contributed by atoms with E-state index in [2.05, 4.69) is 5.32 Å². The second kappa shape index (κ2) is 5.95. The summed E-state index contributed by atoms with van der Waals surface area (Å²) in [6, 6.07) is 5.73. The van der Waals surface area contributed by atoms with Gasteiger partial charge in [0.2, 0.25) is 0 Å². The lowest BCUT2D eigenvalue weighted by atomic mass is 9.75. The van der Waals surface area contributed by atoms with Crippen LogP contribution in [0.3, 0.4) is 0 Å². The molecule has 0 heterocycles. The van der Waals surface area contributed by atoms with Gasteiger partial charge in [-0.05, 0) is 56.0 Å². The Morgan fingerprint density at radius 1 is 1.11 bits per heavy atom. The lowest BCUT2D eigenvalue weighted by Crippen LogP contribution is -2.27. The van der Waals surface area contributed by atoms with Crippen LogP contribution in [0.1, 0.15) is 42.7 Å². The molecule has 2 unspecified atom stereocenters. The second-order valence-corrected chi connectivity index (χ2v) is 5.33. The van der Waals surface area contributed by atoms with E-state index in [1.54, 1.807) is 12.1 Å². The highest BCUT2D eigenvalue weighted by Crippen LogP contribution is 2.38. The topological polar surface area (TPSA) is 12.0 Å². The van der Waals surface area contributed by atoms with Crippen LogP contribution in [-0.4, -0.2) is 13.6 Å². The van der Waals surface area contributed by atoms with Gasteiger partial charge in [0.1, 0.15) is 0 Å². The van der Waals surface area contributed by atoms with Crippen molar-refractivity contribution >= 4 is 0 Å². The maximum absolute atomic E-state index is 12.5. The van der Waals surface area contributed by atoms with E-state index in [-0.39, 0.29) is 0 Å². The third-order valence-electron chi connectivity index (χ3n) is 4.04. The lowest BCUT2D eigenvalue weighted by molar-refractivity contribution is -0.137. The van der Waals surface area contributed by atoms with Gasteiger partial charge >= 0.3 is 6.18 Å². The van der Waals surface area contributed by atoms with Crippen molar-refractivity contribution in [3.8, 4) is 0 Å². The average molecular weight is 271 g/mol. The first-order chi connectivity index (χ1) is 9.02. The van der Waals surface area contributed by atoms with Crippen molar-refractivity contribution in [3.05, 3.63) is 35.4 Å². The normalized spacial score (nSPS) is 24.4. The van der Waals surface area contributed by atoms with Crippen molar-refractivity contribution < 1.29 is 13.2 Å². The standard InChI is InChI=1S/C15H20F3N/c1-19-10-12-4-2-3-5-14(12)11-6-8-13(9-7-11)15(16,17)18/h6-9,12,14,19H,2-5,10H2,1H3. The fraction of sp³-hybridized carbons (Fsp3) is 0.600. The SMILES string of the molecule is CNCC1CCCCC1c1ccc(C(F)(F)F)cc1. The van der Waals surface area contributed by atoms with Crippen molar-refractivity contribution in [2.45, 2.75) is 37.8 Å². The van der Waals surface area contributed by atoms with Crippen molar-refractivity contribution in [1.82, 2.24) is 5.32 Å². The molecule has 0 aliphatic heterocycles. The minimum Gasteiger partial charge on any atom is -0.319 e. The first kappa shape index (κ1) is 14.4. The lowest BCUT2D eigenvalue weighted by Gasteiger charge is -2.32. The molecule has 4 heteroatoms. The van der Waals surface area contributed by atoms with Gasteiger partial charge in [-0.3, -0.25) is 0 Å². The summed E-state index contributed by atoms with van der Waals surface area (Å²) in [5, 5.41) is 3.19. The molecule has 0 bridgehead atoms. The van der Waals surface area contributed by atoms with Gasteiger partial charge in [-0.1, -0.05) is 25.0 Å². The first-order valence-corrected chi connectivity index (χ1v) is 6.84. The number of hydrogen-bond donors (Lipinski definition) is 1. The maximum atomic E-state index is 12.5. The van der Waals surface area contributed by atoms with Crippen LogP contribution in [0.15, 0.2) is 24.3 Å². The third kappa shape index (κ3) is 3.50. The van der Waals surface area contributed by atoms with Crippen molar-refractivity contribution in [3.63, 3.8) is 0 Å². The van der Waals surface area contributed by atoms with Crippen LogP contribution >= 0.6 is 0 Å². The molecule has 0 saturated heterocycles. The largest absolute Gasteiger partial charge is 0.416 e. The van der Waals surface area contributed by atoms with Crippen molar-refractivity contribution in [1.29, 1.82) is 0 Å². The van der Waals surface area contributed by atoms with E-state index in [9.17, 15) is 13.2 Å². The molecule has 0 amide bonds. The highest BCUT2D eigenvalue weighted by atomic mass is 19.4. The highest BCUT2D eigenvalue weighted by Gasteiger charge is 2.31. The molecule has 0 spiro atoms. The Morgan fingerprint density at radius 2 is 1.74 bits per heavy atom. The van der Waals surface area contributed by atoms with Gasteiger partial charge in [-0.15, -0.1) is 0 Å². The van der Waals surface area contributed by atoms with Crippen LogP contribution in [0, 0.1) is 5.92 Å². The van der Waals surface area contributed by atoms with E-state index in [1.165, 1.54) is 25.0 Å². The first-order valence-electron chi connectivity index (χ1n) is 6.84. The molecule has 1 saturated carbocycles. The van der Waals surface area contributed by atoms with E-state index in [1.807, 2.05) is 7.05 Å². The van der Waals surface area contributed by atoms with Gasteiger partial charge in [0, 0.05) is 0 Å². The molecule has 1 aliphatic rings. The number of hydrogen-bond acceptors (Lipinski definition) is 1. The van der Waals surface area contributed by atoms with E-state index < -0.39 is 11.7 Å². The predicted octanol–water partition coefficient (Wildman–Crippen LogP) is 4.20. The zero-order chi connectivity index (χ0) is 13.9. The van der Waals surface area contributed by atoms with Gasteiger partial charge in [-0.25, -0.2) is 0 Å². The van der Waals surface area contributed by atoms with E-state index in [4.69, 9.17) is 0 Å². The number of nitrogens with one attached hydrogen (secondary N) is 1. The van der Waals surface area contributed by atoms with Crippen LogP contribution in [0.5, 0.6) is 0 Å². The van der Waals surface area contributed by atoms with Crippen molar-refractivity contribution in [2.75, 3.05) is 13.6 Å². The van der Waals surface area contributed by atoms with Gasteiger partial charge in [0.15, 0.2) is 0 Å². The molecule has 106 valence electrons. The summed E-state index contributed by atoms with van der Waals surface area (Å²) in [5.41, 5.74) is 0.491. The minimum absolute atomic E-state index is 0.392. The molecular formula is C15H20F3N. The molecular weight excluding hydrogens is 251 g/mol. The Labute approximate surface area is 112 Å². The summed E-state index contributed by atoms with van der Waals surface area (Å²) >= 11 is 0. The predicted molar refractivity (Wildman–Crippen MR) is 70.1 cm³/mol. The Hall–Kier alpha value is -1.03. The number of alkyl halides is 3. The average Bonchev–Trinajstić information content (AvgIpc) is 2.39. The summed E-state index contributed by atoms with van der Waals surface area (Å²) in [6.45, 7) is 0.936. The second-order valence-electron chi connectivity index (χ2n) is 5.33. The van der Waals surface area contributed by atoms with E-state index in [0.29, 0.717) is 11.8 Å². The molecule has 1 aromatic carbocycles. The molecule has 1 aromatic rings. The molecule has 1 nitrogen and oxygen atoms in total. The Bertz CT molecular complexity index is 395. The number of benzene rings is 1. The van der Waals surface area contributed by atoms with Crippen LogP contribution < -0.4 is 5.32 Å². The highest BCUT2D eigenvalue weighted by molar-refractivity contribution is 5.28. The summed E-state index contributed by atoms with van der Waals surface area (Å²) in [4.78, 5) is 0. The zero-order valence-corrected chi connectivity index (χ0v) is 11.1. The van der Waals surface area contributed by atoms with Crippen LogP contribution in [0.25, 0.3) is 0 Å². The van der Waals surface area contributed by atoms with Gasteiger partial charge < -0.3 is 5.32 Å². The Balaban J connectivity index is 2.15. The monoisotopic (exact) mass is 271 g/mol. The molecule has 19 heavy (non-hydrogen) atoms. The van der Waals surface area contributed by atoms with E-state index in [0.717, 1.165) is 24.9 Å². The summed E-state index contributed by atoms with van der Waals surface area (Å²) in [7, 11) is 1.93. The van der Waals surface area contributed by atoms with Crippen molar-refractivity contribution in [2.24, 2.45) is 5.92 Å². The maximum Gasteiger partial charge on any atom is 0.416 e. The number of rotatable bonds is 3. The molecule has 1 fully saturated rings. The van der Waals surface area contributed by atoms with Crippen LogP contribution in [0.4, 0.5) is 13.2 Å². The molecule has 2 rings (SSSR count). The Morgan fingerprint density at radius 3 is 2.32 bits per heavy atom. The van der Waals surface area contributed by atoms with Gasteiger partial charge in [-0.2, -0.15) is 13.2 Å². The molecule has 1 N–H and O–H groups in total. The van der Waals surface area contributed by atoms with E-state index >= 15 is 0 Å². The van der Waals surface area contributed by atoms with Crippen LogP contribution in [-0.2, 0) is 6.18 Å². The molecule has 0 aromatic heterocycles. The molecule has 0 radical (unpaired) electrons. The molecule has 1 aliphatic carbocycles. The molecule has 2 atom stereocenters. The van der Waals surface area contributed by atoms with Crippen LogP contribution in [0.2, 0.25) is 0 Å². The number of halogens is 3. The summed E-state index contributed by atoms with van der Waals surface area (Å²) < 4.78 is 37.6. The summed E-state index contributed by atoms with van der Waals surface area (Å²) in [5.74, 6) is 0.930. The smallest absolute Gasteiger partial charge is 0.319 e. The summed E-state index contributed by atoms with van der Waals surface area (Å²) in [6.07, 6.45) is 0.398. The quantitative estimate of drug-likeness (QED) is 0.868. The fourth-order valence-electron chi connectivity index (χ4n) is 3.07. The zero-order valence-electron chi connectivity index (χ0n) is 11.1. The van der Waals surface area contributed by atoms with Gasteiger partial charge in [0.05, 0.1) is 5.56 Å².